The molecule has 9 heteroatoms. The first kappa shape index (κ1) is 23.0. The molecule has 0 radical (unpaired) electrons. The summed E-state index contributed by atoms with van der Waals surface area (Å²) < 4.78 is 3.53. The van der Waals surface area contributed by atoms with Crippen LogP contribution >= 0.6 is 0 Å². The van der Waals surface area contributed by atoms with E-state index in [4.69, 9.17) is 4.98 Å². The molecule has 1 N–H and O–H groups in total. The largest absolute Gasteiger partial charge is 0.340 e. The number of hydrogen-bond acceptors (Lipinski definition) is 5. The predicted molar refractivity (Wildman–Crippen MR) is 127 cm³/mol. The fourth-order valence-electron chi connectivity index (χ4n) is 4.30. The van der Waals surface area contributed by atoms with Crippen molar-refractivity contribution in [1.29, 1.82) is 0 Å². The molecule has 4 rings (SSSR count). The number of imidazole rings is 1. The molecule has 176 valence electrons. The van der Waals surface area contributed by atoms with E-state index >= 15 is 0 Å². The molecule has 0 bridgehead atoms. The quantitative estimate of drug-likeness (QED) is 0.588. The third kappa shape index (κ3) is 5.08. The number of fused-ring (bicyclic) bond motifs is 1. The second-order valence-electron chi connectivity index (χ2n) is 9.15. The molecule has 1 aromatic carbocycles. The van der Waals surface area contributed by atoms with Gasteiger partial charge < -0.3 is 9.47 Å². The summed E-state index contributed by atoms with van der Waals surface area (Å²) in [6, 6.07) is 9.69. The summed E-state index contributed by atoms with van der Waals surface area (Å²) in [5.41, 5.74) is 0.985. The molecule has 1 saturated heterocycles. The number of nitrogens with zero attached hydrogens (tertiary/aromatic N) is 5. The molecule has 1 aliphatic heterocycles. The number of rotatable bonds is 7. The Kier molecular flexibility index (Phi) is 6.78. The van der Waals surface area contributed by atoms with Crippen LogP contribution in [-0.2, 0) is 24.4 Å². The Bertz CT molecular complexity index is 1230. The van der Waals surface area contributed by atoms with E-state index < -0.39 is 11.2 Å². The smallest absolute Gasteiger partial charge is 0.330 e. The van der Waals surface area contributed by atoms with Crippen LogP contribution in [0.25, 0.3) is 11.2 Å². The maximum absolute atomic E-state index is 12.9. The summed E-state index contributed by atoms with van der Waals surface area (Å²) in [6.07, 6.45) is 0.897. The topological polar surface area (TPSA) is 96.2 Å². The molecule has 1 fully saturated rings. The molecule has 0 saturated carbocycles. The van der Waals surface area contributed by atoms with Gasteiger partial charge >= 0.3 is 5.69 Å². The lowest BCUT2D eigenvalue weighted by atomic mass is 10.1. The Morgan fingerprint density at radius 3 is 2.36 bits per heavy atom. The number of carbonyl (C=O) groups is 1. The van der Waals surface area contributed by atoms with E-state index in [0.29, 0.717) is 49.8 Å². The molecular weight excluding hydrogens is 420 g/mol. The van der Waals surface area contributed by atoms with Gasteiger partial charge in [-0.1, -0.05) is 44.2 Å². The Balaban J connectivity index is 1.73. The van der Waals surface area contributed by atoms with Crippen LogP contribution in [0.15, 0.2) is 39.9 Å². The highest BCUT2D eigenvalue weighted by molar-refractivity contribution is 5.73. The van der Waals surface area contributed by atoms with Crippen LogP contribution in [0.4, 0.5) is 0 Å². The SMILES string of the molecule is CC(=O)N1CCN(Cc2nc3c(c(=O)[nH]c(=O)n3Cc3ccccc3)n2CCC(C)C)CC1. The monoisotopic (exact) mass is 452 g/mol. The zero-order valence-corrected chi connectivity index (χ0v) is 19.6. The number of aromatic nitrogens is 4. The fourth-order valence-corrected chi connectivity index (χ4v) is 4.30. The molecule has 0 spiro atoms. The van der Waals surface area contributed by atoms with Gasteiger partial charge in [-0.25, -0.2) is 9.78 Å². The van der Waals surface area contributed by atoms with Gasteiger partial charge in [0.15, 0.2) is 11.2 Å². The van der Waals surface area contributed by atoms with Crippen molar-refractivity contribution in [2.75, 3.05) is 26.2 Å². The first-order valence-corrected chi connectivity index (χ1v) is 11.6. The van der Waals surface area contributed by atoms with Crippen LogP contribution in [-0.4, -0.2) is 61.0 Å². The van der Waals surface area contributed by atoms with Crippen molar-refractivity contribution in [3.05, 3.63) is 62.6 Å². The number of H-pyrrole nitrogens is 1. The normalized spacial score (nSPS) is 15.0. The fraction of sp³-hybridized carbons (Fsp3) is 0.500. The van der Waals surface area contributed by atoms with E-state index in [-0.39, 0.29) is 5.91 Å². The maximum atomic E-state index is 12.9. The molecule has 1 amide bonds. The van der Waals surface area contributed by atoms with Gasteiger partial charge in [0.2, 0.25) is 5.91 Å². The minimum absolute atomic E-state index is 0.0929. The highest BCUT2D eigenvalue weighted by Crippen LogP contribution is 2.18. The Labute approximate surface area is 192 Å². The molecule has 9 nitrogen and oxygen atoms in total. The third-order valence-electron chi connectivity index (χ3n) is 6.26. The number of aryl methyl sites for hydroxylation is 1. The summed E-state index contributed by atoms with van der Waals surface area (Å²) in [6.45, 7) is 10.3. The molecule has 2 aromatic heterocycles. The molecule has 3 aromatic rings. The minimum Gasteiger partial charge on any atom is -0.340 e. The van der Waals surface area contributed by atoms with E-state index in [1.165, 1.54) is 0 Å². The number of piperazine rings is 1. The number of amides is 1. The Morgan fingerprint density at radius 1 is 1.03 bits per heavy atom. The lowest BCUT2D eigenvalue weighted by Gasteiger charge is -2.34. The minimum atomic E-state index is -0.452. The van der Waals surface area contributed by atoms with Gasteiger partial charge in [0, 0.05) is 39.6 Å². The van der Waals surface area contributed by atoms with Crippen molar-refractivity contribution in [2.45, 2.75) is 46.8 Å². The van der Waals surface area contributed by atoms with Gasteiger partial charge in [0.05, 0.1) is 13.1 Å². The zero-order valence-electron chi connectivity index (χ0n) is 19.6. The predicted octanol–water partition coefficient (Wildman–Crippen LogP) is 1.64. The van der Waals surface area contributed by atoms with Crippen molar-refractivity contribution in [3.63, 3.8) is 0 Å². The van der Waals surface area contributed by atoms with Crippen LogP contribution < -0.4 is 11.2 Å². The Morgan fingerprint density at radius 2 is 1.73 bits per heavy atom. The molecule has 0 atom stereocenters. The summed E-state index contributed by atoms with van der Waals surface area (Å²) >= 11 is 0. The second-order valence-corrected chi connectivity index (χ2v) is 9.15. The van der Waals surface area contributed by atoms with Crippen molar-refractivity contribution in [1.82, 2.24) is 28.9 Å². The lowest BCUT2D eigenvalue weighted by molar-refractivity contribution is -0.130. The zero-order chi connectivity index (χ0) is 23.5. The first-order chi connectivity index (χ1) is 15.8. The summed E-state index contributed by atoms with van der Waals surface area (Å²) in [5.74, 6) is 1.33. The summed E-state index contributed by atoms with van der Waals surface area (Å²) in [4.78, 5) is 48.7. The van der Waals surface area contributed by atoms with Crippen LogP contribution in [0.3, 0.4) is 0 Å². The Hall–Kier alpha value is -3.20. The summed E-state index contributed by atoms with van der Waals surface area (Å²) in [7, 11) is 0. The van der Waals surface area contributed by atoms with E-state index in [2.05, 4.69) is 23.7 Å². The van der Waals surface area contributed by atoms with E-state index in [0.717, 1.165) is 30.9 Å². The number of benzene rings is 1. The first-order valence-electron chi connectivity index (χ1n) is 11.6. The van der Waals surface area contributed by atoms with Gasteiger partial charge in [-0.2, -0.15) is 0 Å². The number of nitrogens with one attached hydrogen (secondary N) is 1. The molecule has 3 heterocycles. The van der Waals surface area contributed by atoms with Crippen molar-refractivity contribution < 1.29 is 4.79 Å². The molecule has 33 heavy (non-hydrogen) atoms. The number of aromatic amines is 1. The van der Waals surface area contributed by atoms with Gasteiger partial charge in [0.1, 0.15) is 5.82 Å². The van der Waals surface area contributed by atoms with Crippen molar-refractivity contribution in [3.8, 4) is 0 Å². The van der Waals surface area contributed by atoms with Crippen LogP contribution in [0.5, 0.6) is 0 Å². The van der Waals surface area contributed by atoms with Gasteiger partial charge in [-0.3, -0.25) is 24.0 Å². The van der Waals surface area contributed by atoms with Gasteiger partial charge in [-0.05, 0) is 17.9 Å². The molecule has 1 aliphatic rings. The lowest BCUT2D eigenvalue weighted by Crippen LogP contribution is -2.47. The molecule has 0 aliphatic carbocycles. The average Bonchev–Trinajstić information content (AvgIpc) is 3.14. The standard InChI is InChI=1S/C24H32N6O3/c1-17(2)9-10-29-20(16-27-11-13-28(14-12-27)18(3)31)25-22-21(29)23(32)26-24(33)30(22)15-19-7-5-4-6-8-19/h4-8,17H,9-16H2,1-3H3,(H,26,32,33). The molecule has 0 unspecified atom stereocenters. The van der Waals surface area contributed by atoms with Crippen LogP contribution in [0, 0.1) is 5.92 Å². The van der Waals surface area contributed by atoms with Crippen molar-refractivity contribution in [2.24, 2.45) is 5.92 Å². The number of carbonyl (C=O) groups excluding carboxylic acids is 1. The van der Waals surface area contributed by atoms with E-state index in [1.54, 1.807) is 11.5 Å². The second kappa shape index (κ2) is 9.74. The highest BCUT2D eigenvalue weighted by atomic mass is 16.2. The van der Waals surface area contributed by atoms with E-state index in [9.17, 15) is 14.4 Å². The summed E-state index contributed by atoms with van der Waals surface area (Å²) in [5, 5.41) is 0. The van der Waals surface area contributed by atoms with Crippen LogP contribution in [0.1, 0.15) is 38.6 Å². The van der Waals surface area contributed by atoms with Gasteiger partial charge in [-0.15, -0.1) is 0 Å². The highest BCUT2D eigenvalue weighted by Gasteiger charge is 2.23. The molecular formula is C24H32N6O3. The average molecular weight is 453 g/mol. The maximum Gasteiger partial charge on any atom is 0.330 e. The van der Waals surface area contributed by atoms with Gasteiger partial charge in [0.25, 0.3) is 5.56 Å². The van der Waals surface area contributed by atoms with E-state index in [1.807, 2.05) is 39.8 Å². The number of hydrogen-bond donors (Lipinski definition) is 1. The third-order valence-corrected chi connectivity index (χ3v) is 6.26. The van der Waals surface area contributed by atoms with Crippen molar-refractivity contribution >= 4 is 17.1 Å². The van der Waals surface area contributed by atoms with Crippen LogP contribution in [0.2, 0.25) is 0 Å².